The molecule has 2 rings (SSSR count). The Morgan fingerprint density at radius 3 is 2.50 bits per heavy atom. The predicted molar refractivity (Wildman–Crippen MR) is 75.5 cm³/mol. The molecule has 1 aromatic carbocycles. The average Bonchev–Trinajstić information content (AvgIpc) is 2.34. The van der Waals surface area contributed by atoms with Crippen molar-refractivity contribution in [2.24, 2.45) is 0 Å². The number of aromatic nitrogens is 2. The van der Waals surface area contributed by atoms with Crippen molar-refractivity contribution >= 4 is 34.7 Å². The highest BCUT2D eigenvalue weighted by Gasteiger charge is 2.04. The normalized spacial score (nSPS) is 10.2. The molecule has 0 aliphatic rings. The van der Waals surface area contributed by atoms with Gasteiger partial charge < -0.3 is 16.0 Å². The fourth-order valence-electron chi connectivity index (χ4n) is 1.45. The number of hydrogen-bond acceptors (Lipinski definition) is 5. The molecule has 0 saturated carbocycles. The second-order valence-electron chi connectivity index (χ2n) is 3.99. The van der Waals surface area contributed by atoms with Gasteiger partial charge in [0, 0.05) is 25.5 Å². The van der Waals surface area contributed by atoms with E-state index in [9.17, 15) is 0 Å². The molecule has 0 saturated heterocycles. The number of halogens is 1. The molecule has 0 fully saturated rings. The third kappa shape index (κ3) is 2.81. The van der Waals surface area contributed by atoms with E-state index in [0.717, 1.165) is 11.4 Å². The highest BCUT2D eigenvalue weighted by atomic mass is 35.5. The van der Waals surface area contributed by atoms with Gasteiger partial charge in [0.15, 0.2) is 5.82 Å². The van der Waals surface area contributed by atoms with Crippen molar-refractivity contribution in [3.8, 4) is 0 Å². The Kier molecular flexibility index (Phi) is 3.53. The lowest BCUT2D eigenvalue weighted by molar-refractivity contribution is 1.13. The number of nitrogens with two attached hydrogens (primary N) is 1. The van der Waals surface area contributed by atoms with E-state index < -0.39 is 0 Å². The third-order valence-electron chi connectivity index (χ3n) is 2.41. The van der Waals surface area contributed by atoms with Crippen molar-refractivity contribution in [3.63, 3.8) is 0 Å². The van der Waals surface area contributed by atoms with Gasteiger partial charge in [-0.2, -0.15) is 4.98 Å². The third-order valence-corrected chi connectivity index (χ3v) is 2.69. The Morgan fingerprint density at radius 2 is 1.89 bits per heavy atom. The predicted octanol–water partition coefficient (Wildman–Crippen LogP) is 2.52. The van der Waals surface area contributed by atoms with Crippen molar-refractivity contribution in [2.75, 3.05) is 30.0 Å². The van der Waals surface area contributed by atoms with E-state index in [0.29, 0.717) is 10.8 Å². The number of nitrogens with one attached hydrogen (secondary N) is 1. The largest absolute Gasteiger partial charge is 0.378 e. The van der Waals surface area contributed by atoms with Crippen LogP contribution < -0.4 is 16.0 Å². The van der Waals surface area contributed by atoms with Gasteiger partial charge in [0.1, 0.15) is 5.02 Å². The average molecular weight is 264 g/mol. The number of rotatable bonds is 3. The van der Waals surface area contributed by atoms with Crippen LogP contribution in [0.2, 0.25) is 5.02 Å². The Labute approximate surface area is 111 Å². The van der Waals surface area contributed by atoms with Crippen molar-refractivity contribution in [1.82, 2.24) is 9.97 Å². The standard InChI is InChI=1S/C12H14ClN5/c1-18(2)9-5-3-8(4-6-9)16-11-10(13)7-15-12(14)17-11/h3-7H,1-2H3,(H3,14,15,16,17). The van der Waals surface area contributed by atoms with Crippen LogP contribution in [0.1, 0.15) is 0 Å². The summed E-state index contributed by atoms with van der Waals surface area (Å²) < 4.78 is 0. The van der Waals surface area contributed by atoms with E-state index in [4.69, 9.17) is 17.3 Å². The van der Waals surface area contributed by atoms with Crippen LogP contribution in [0.25, 0.3) is 0 Å². The molecule has 2 aromatic rings. The maximum absolute atomic E-state index is 5.98. The molecule has 0 bridgehead atoms. The number of nitrogens with zero attached hydrogens (tertiary/aromatic N) is 3. The van der Waals surface area contributed by atoms with E-state index in [1.807, 2.05) is 43.3 Å². The molecule has 0 spiro atoms. The van der Waals surface area contributed by atoms with Crippen LogP contribution in [0, 0.1) is 0 Å². The lowest BCUT2D eigenvalue weighted by Crippen LogP contribution is -2.08. The van der Waals surface area contributed by atoms with Gasteiger partial charge in [0.25, 0.3) is 0 Å². The van der Waals surface area contributed by atoms with Gasteiger partial charge in [-0.1, -0.05) is 11.6 Å². The van der Waals surface area contributed by atoms with Crippen LogP contribution in [0.5, 0.6) is 0 Å². The van der Waals surface area contributed by atoms with Crippen molar-refractivity contribution in [3.05, 3.63) is 35.5 Å². The topological polar surface area (TPSA) is 67.1 Å². The lowest BCUT2D eigenvalue weighted by atomic mass is 10.2. The first-order valence-corrected chi connectivity index (χ1v) is 5.76. The van der Waals surface area contributed by atoms with Gasteiger partial charge in [-0.15, -0.1) is 0 Å². The first-order valence-electron chi connectivity index (χ1n) is 5.38. The zero-order valence-corrected chi connectivity index (χ0v) is 10.9. The molecule has 0 aliphatic carbocycles. The van der Waals surface area contributed by atoms with Crippen LogP contribution in [0.4, 0.5) is 23.1 Å². The Balaban J connectivity index is 2.21. The zero-order chi connectivity index (χ0) is 13.1. The van der Waals surface area contributed by atoms with Gasteiger partial charge in [-0.25, -0.2) is 4.98 Å². The molecule has 1 aromatic heterocycles. The van der Waals surface area contributed by atoms with Gasteiger partial charge in [-0.3, -0.25) is 0 Å². The van der Waals surface area contributed by atoms with Gasteiger partial charge in [0.05, 0.1) is 6.20 Å². The summed E-state index contributed by atoms with van der Waals surface area (Å²) in [6.07, 6.45) is 1.47. The second kappa shape index (κ2) is 5.10. The summed E-state index contributed by atoms with van der Waals surface area (Å²) >= 11 is 5.98. The molecule has 0 amide bonds. The Bertz CT molecular complexity index is 539. The van der Waals surface area contributed by atoms with Crippen LogP contribution >= 0.6 is 11.6 Å². The SMILES string of the molecule is CN(C)c1ccc(Nc2nc(N)ncc2Cl)cc1. The van der Waals surface area contributed by atoms with Gasteiger partial charge in [-0.05, 0) is 24.3 Å². The molecular weight excluding hydrogens is 250 g/mol. The molecule has 6 heteroatoms. The highest BCUT2D eigenvalue weighted by Crippen LogP contribution is 2.24. The molecule has 0 atom stereocenters. The summed E-state index contributed by atoms with van der Waals surface area (Å²) in [7, 11) is 3.98. The first-order chi connectivity index (χ1) is 8.56. The summed E-state index contributed by atoms with van der Waals surface area (Å²) in [6, 6.07) is 7.90. The molecule has 0 radical (unpaired) electrons. The molecule has 0 aliphatic heterocycles. The summed E-state index contributed by atoms with van der Waals surface area (Å²) in [5, 5.41) is 3.53. The number of benzene rings is 1. The number of hydrogen-bond donors (Lipinski definition) is 2. The smallest absolute Gasteiger partial charge is 0.222 e. The number of anilines is 4. The maximum Gasteiger partial charge on any atom is 0.222 e. The van der Waals surface area contributed by atoms with E-state index in [2.05, 4.69) is 15.3 Å². The molecule has 5 nitrogen and oxygen atoms in total. The van der Waals surface area contributed by atoms with Crippen molar-refractivity contribution in [1.29, 1.82) is 0 Å². The fraction of sp³-hybridized carbons (Fsp3) is 0.167. The van der Waals surface area contributed by atoms with Crippen LogP contribution in [0.3, 0.4) is 0 Å². The summed E-state index contributed by atoms with van der Waals surface area (Å²) in [4.78, 5) is 9.87. The van der Waals surface area contributed by atoms with Crippen LogP contribution in [-0.2, 0) is 0 Å². The van der Waals surface area contributed by atoms with Crippen molar-refractivity contribution < 1.29 is 0 Å². The van der Waals surface area contributed by atoms with Gasteiger partial charge in [0.2, 0.25) is 5.95 Å². The lowest BCUT2D eigenvalue weighted by Gasteiger charge is -2.13. The van der Waals surface area contributed by atoms with E-state index in [1.165, 1.54) is 6.20 Å². The van der Waals surface area contributed by atoms with Crippen LogP contribution in [0.15, 0.2) is 30.5 Å². The van der Waals surface area contributed by atoms with E-state index >= 15 is 0 Å². The summed E-state index contributed by atoms with van der Waals surface area (Å²) in [5.74, 6) is 0.689. The van der Waals surface area contributed by atoms with E-state index in [1.54, 1.807) is 0 Å². The minimum Gasteiger partial charge on any atom is -0.378 e. The second-order valence-corrected chi connectivity index (χ2v) is 4.40. The molecule has 18 heavy (non-hydrogen) atoms. The zero-order valence-electron chi connectivity index (χ0n) is 10.2. The summed E-state index contributed by atoms with van der Waals surface area (Å²) in [5.41, 5.74) is 7.53. The number of nitrogen functional groups attached to an aromatic ring is 1. The summed E-state index contributed by atoms with van der Waals surface area (Å²) in [6.45, 7) is 0. The van der Waals surface area contributed by atoms with Gasteiger partial charge >= 0.3 is 0 Å². The molecular formula is C12H14ClN5. The Morgan fingerprint density at radius 1 is 1.22 bits per heavy atom. The van der Waals surface area contributed by atoms with Crippen LogP contribution in [-0.4, -0.2) is 24.1 Å². The van der Waals surface area contributed by atoms with E-state index in [-0.39, 0.29) is 5.95 Å². The van der Waals surface area contributed by atoms with Crippen molar-refractivity contribution in [2.45, 2.75) is 0 Å². The molecule has 94 valence electrons. The first kappa shape index (κ1) is 12.4. The monoisotopic (exact) mass is 263 g/mol. The minimum absolute atomic E-state index is 0.187. The molecule has 0 unspecified atom stereocenters. The highest BCUT2D eigenvalue weighted by molar-refractivity contribution is 6.32. The fourth-order valence-corrected chi connectivity index (χ4v) is 1.59. The molecule has 1 heterocycles. The Hall–Kier alpha value is -2.01. The molecule has 3 N–H and O–H groups in total. The quantitative estimate of drug-likeness (QED) is 0.891. The minimum atomic E-state index is 0.187. The maximum atomic E-state index is 5.98.